The van der Waals surface area contributed by atoms with Crippen LogP contribution in [-0.2, 0) is 0 Å². The number of hydrogen-bond donors (Lipinski definition) is 1. The average Bonchev–Trinajstić information content (AvgIpc) is 2.85. The Bertz CT molecular complexity index is 674. The fraction of sp³-hybridized carbons (Fsp3) is 0.143. The van der Waals surface area contributed by atoms with Crippen LogP contribution in [0.15, 0.2) is 41.9 Å². The molecular formula is C14H13N3S. The summed E-state index contributed by atoms with van der Waals surface area (Å²) in [4.78, 5) is 10.1. The number of fused-ring (bicyclic) bond motifs is 1. The van der Waals surface area contributed by atoms with E-state index in [9.17, 15) is 0 Å². The van der Waals surface area contributed by atoms with E-state index in [0.29, 0.717) is 0 Å². The summed E-state index contributed by atoms with van der Waals surface area (Å²) in [6.45, 7) is 1.97. The third-order valence-corrected chi connectivity index (χ3v) is 3.69. The number of hydrogen-bond acceptors (Lipinski definition) is 4. The molecule has 0 unspecified atom stereocenters. The van der Waals surface area contributed by atoms with E-state index < -0.39 is 0 Å². The Balaban J connectivity index is 2.28. The van der Waals surface area contributed by atoms with E-state index in [4.69, 9.17) is 10.7 Å². The van der Waals surface area contributed by atoms with Crippen LogP contribution in [0, 0.1) is 0 Å². The fourth-order valence-corrected chi connectivity index (χ4v) is 2.72. The van der Waals surface area contributed by atoms with Crippen molar-refractivity contribution in [3.05, 3.63) is 47.5 Å². The Morgan fingerprint density at radius 2 is 2.17 bits per heavy atom. The van der Waals surface area contributed by atoms with Crippen molar-refractivity contribution in [2.45, 2.75) is 13.0 Å². The zero-order valence-electron chi connectivity index (χ0n) is 10.00. The van der Waals surface area contributed by atoms with Crippen LogP contribution in [0.3, 0.4) is 0 Å². The van der Waals surface area contributed by atoms with Crippen molar-refractivity contribution >= 4 is 21.6 Å². The number of thiophene rings is 1. The summed E-state index contributed by atoms with van der Waals surface area (Å²) in [6, 6.07) is 9.97. The molecule has 3 aromatic heterocycles. The SMILES string of the molecule is C[C@H](N)c1cc2ccsc2nc1-c1ccccn1. The zero-order valence-corrected chi connectivity index (χ0v) is 10.8. The molecule has 3 nitrogen and oxygen atoms in total. The van der Waals surface area contributed by atoms with Crippen LogP contribution in [0.5, 0.6) is 0 Å². The number of pyridine rings is 2. The molecule has 0 amide bonds. The van der Waals surface area contributed by atoms with Crippen LogP contribution in [0.4, 0.5) is 0 Å². The number of rotatable bonds is 2. The van der Waals surface area contributed by atoms with Gasteiger partial charge in [0.1, 0.15) is 4.83 Å². The molecule has 0 aromatic carbocycles. The van der Waals surface area contributed by atoms with E-state index in [1.54, 1.807) is 17.5 Å². The minimum atomic E-state index is -0.0567. The minimum absolute atomic E-state index is 0.0567. The van der Waals surface area contributed by atoms with Crippen molar-refractivity contribution in [1.82, 2.24) is 9.97 Å². The van der Waals surface area contributed by atoms with Gasteiger partial charge >= 0.3 is 0 Å². The molecular weight excluding hydrogens is 242 g/mol. The molecule has 0 saturated carbocycles. The van der Waals surface area contributed by atoms with Gasteiger partial charge in [-0.05, 0) is 42.1 Å². The van der Waals surface area contributed by atoms with E-state index >= 15 is 0 Å². The summed E-state index contributed by atoms with van der Waals surface area (Å²) in [5.41, 5.74) is 8.85. The van der Waals surface area contributed by atoms with Crippen molar-refractivity contribution in [2.75, 3.05) is 0 Å². The molecule has 3 heterocycles. The lowest BCUT2D eigenvalue weighted by Gasteiger charge is -2.11. The Labute approximate surface area is 109 Å². The Hall–Kier alpha value is -1.78. The van der Waals surface area contributed by atoms with E-state index in [1.807, 2.05) is 30.5 Å². The maximum absolute atomic E-state index is 6.05. The van der Waals surface area contributed by atoms with Gasteiger partial charge in [-0.3, -0.25) is 4.98 Å². The molecule has 2 N–H and O–H groups in total. The van der Waals surface area contributed by atoms with Crippen LogP contribution >= 0.6 is 11.3 Å². The van der Waals surface area contributed by atoms with Gasteiger partial charge in [-0.25, -0.2) is 4.98 Å². The highest BCUT2D eigenvalue weighted by molar-refractivity contribution is 7.16. The summed E-state index contributed by atoms with van der Waals surface area (Å²) in [6.07, 6.45) is 1.78. The predicted octanol–water partition coefficient (Wildman–Crippen LogP) is 3.38. The quantitative estimate of drug-likeness (QED) is 0.763. The highest BCUT2D eigenvalue weighted by Crippen LogP contribution is 2.29. The van der Waals surface area contributed by atoms with E-state index in [0.717, 1.165) is 27.2 Å². The summed E-state index contributed by atoms with van der Waals surface area (Å²) >= 11 is 1.64. The van der Waals surface area contributed by atoms with Gasteiger partial charge in [-0.2, -0.15) is 0 Å². The molecule has 0 aliphatic carbocycles. The standard InChI is InChI=1S/C14H13N3S/c1-9(15)11-8-10-5-7-18-14(10)17-13(11)12-4-2-3-6-16-12/h2-9H,15H2,1H3/t9-/m0/s1. The van der Waals surface area contributed by atoms with Crippen LogP contribution in [0.1, 0.15) is 18.5 Å². The monoisotopic (exact) mass is 255 g/mol. The molecule has 0 saturated heterocycles. The molecule has 0 bridgehead atoms. The molecule has 0 radical (unpaired) electrons. The first-order valence-electron chi connectivity index (χ1n) is 5.81. The fourth-order valence-electron chi connectivity index (χ4n) is 1.97. The van der Waals surface area contributed by atoms with Crippen LogP contribution in [-0.4, -0.2) is 9.97 Å². The first-order valence-corrected chi connectivity index (χ1v) is 6.69. The normalized spacial score (nSPS) is 12.8. The maximum atomic E-state index is 6.05. The summed E-state index contributed by atoms with van der Waals surface area (Å²) < 4.78 is 0. The summed E-state index contributed by atoms with van der Waals surface area (Å²) in [5, 5.41) is 3.19. The van der Waals surface area contributed by atoms with Crippen molar-refractivity contribution in [2.24, 2.45) is 5.73 Å². The van der Waals surface area contributed by atoms with Gasteiger partial charge in [-0.15, -0.1) is 11.3 Å². The van der Waals surface area contributed by atoms with Gasteiger partial charge in [0.2, 0.25) is 0 Å². The third-order valence-electron chi connectivity index (χ3n) is 2.87. The largest absolute Gasteiger partial charge is 0.324 e. The maximum Gasteiger partial charge on any atom is 0.124 e. The molecule has 0 aliphatic rings. The Morgan fingerprint density at radius 1 is 1.28 bits per heavy atom. The third kappa shape index (κ3) is 1.89. The van der Waals surface area contributed by atoms with Gasteiger partial charge in [0.15, 0.2) is 0 Å². The highest BCUT2D eigenvalue weighted by Gasteiger charge is 2.13. The number of aromatic nitrogens is 2. The minimum Gasteiger partial charge on any atom is -0.324 e. The molecule has 0 aliphatic heterocycles. The van der Waals surface area contributed by atoms with Crippen molar-refractivity contribution in [3.8, 4) is 11.4 Å². The van der Waals surface area contributed by atoms with Gasteiger partial charge in [-0.1, -0.05) is 6.07 Å². The van der Waals surface area contributed by atoms with Crippen molar-refractivity contribution in [3.63, 3.8) is 0 Å². The Morgan fingerprint density at radius 3 is 2.89 bits per heavy atom. The Kier molecular flexibility index (Phi) is 2.81. The number of nitrogens with two attached hydrogens (primary N) is 1. The second kappa shape index (κ2) is 4.48. The molecule has 0 fully saturated rings. The summed E-state index contributed by atoms with van der Waals surface area (Å²) in [5.74, 6) is 0. The molecule has 4 heteroatoms. The van der Waals surface area contributed by atoms with E-state index in [-0.39, 0.29) is 6.04 Å². The predicted molar refractivity (Wildman–Crippen MR) is 75.5 cm³/mol. The zero-order chi connectivity index (χ0) is 12.5. The molecule has 3 rings (SSSR count). The molecule has 3 aromatic rings. The first kappa shape index (κ1) is 11.3. The first-order chi connectivity index (χ1) is 8.75. The highest BCUT2D eigenvalue weighted by atomic mass is 32.1. The second-order valence-electron chi connectivity index (χ2n) is 4.24. The van der Waals surface area contributed by atoms with Gasteiger partial charge in [0.05, 0.1) is 11.4 Å². The van der Waals surface area contributed by atoms with Gasteiger partial charge in [0.25, 0.3) is 0 Å². The van der Waals surface area contributed by atoms with Gasteiger partial charge in [0, 0.05) is 17.6 Å². The van der Waals surface area contributed by atoms with E-state index in [1.165, 1.54) is 0 Å². The van der Waals surface area contributed by atoms with E-state index in [2.05, 4.69) is 17.1 Å². The molecule has 18 heavy (non-hydrogen) atoms. The lowest BCUT2D eigenvalue weighted by atomic mass is 10.0. The summed E-state index contributed by atoms with van der Waals surface area (Å²) in [7, 11) is 0. The lowest BCUT2D eigenvalue weighted by Crippen LogP contribution is -2.08. The van der Waals surface area contributed by atoms with Crippen LogP contribution in [0.2, 0.25) is 0 Å². The lowest BCUT2D eigenvalue weighted by molar-refractivity contribution is 0.816. The van der Waals surface area contributed by atoms with Gasteiger partial charge < -0.3 is 5.73 Å². The van der Waals surface area contributed by atoms with Crippen LogP contribution in [0.25, 0.3) is 21.6 Å². The molecule has 1 atom stereocenters. The molecule has 0 spiro atoms. The molecule has 90 valence electrons. The smallest absolute Gasteiger partial charge is 0.124 e. The topological polar surface area (TPSA) is 51.8 Å². The van der Waals surface area contributed by atoms with Crippen LogP contribution < -0.4 is 5.73 Å². The second-order valence-corrected chi connectivity index (χ2v) is 5.14. The van der Waals surface area contributed by atoms with Crippen molar-refractivity contribution < 1.29 is 0 Å². The van der Waals surface area contributed by atoms with Crippen molar-refractivity contribution in [1.29, 1.82) is 0 Å². The number of nitrogens with zero attached hydrogens (tertiary/aromatic N) is 2. The average molecular weight is 255 g/mol.